The molecule has 0 saturated heterocycles. The average Bonchev–Trinajstić information content (AvgIpc) is 3.04. The van der Waals surface area contributed by atoms with E-state index in [0.29, 0.717) is 24.5 Å². The number of amides is 1. The third kappa shape index (κ3) is 2.74. The molecule has 2 fully saturated rings. The molecule has 2 atom stereocenters. The molecule has 0 bridgehead atoms. The SMILES string of the molecule is CN(C(=O)CNC1CCCC1CO)C1CC1. The fraction of sp³-hybridized carbons (Fsp3) is 0.917. The van der Waals surface area contributed by atoms with Gasteiger partial charge in [-0.15, -0.1) is 0 Å². The molecule has 2 rings (SSSR count). The highest BCUT2D eigenvalue weighted by atomic mass is 16.3. The van der Waals surface area contributed by atoms with Crippen LogP contribution in [-0.2, 0) is 4.79 Å². The van der Waals surface area contributed by atoms with Crippen LogP contribution >= 0.6 is 0 Å². The quantitative estimate of drug-likeness (QED) is 0.711. The Labute approximate surface area is 97.0 Å². The van der Waals surface area contributed by atoms with Crippen molar-refractivity contribution in [3.63, 3.8) is 0 Å². The van der Waals surface area contributed by atoms with Crippen molar-refractivity contribution in [3.05, 3.63) is 0 Å². The maximum absolute atomic E-state index is 11.8. The predicted octanol–water partition coefficient (Wildman–Crippen LogP) is 0.358. The van der Waals surface area contributed by atoms with Gasteiger partial charge in [-0.05, 0) is 31.6 Å². The summed E-state index contributed by atoms with van der Waals surface area (Å²) in [5.41, 5.74) is 0. The summed E-state index contributed by atoms with van der Waals surface area (Å²) < 4.78 is 0. The number of carbonyl (C=O) groups excluding carboxylic acids is 1. The molecule has 92 valence electrons. The molecule has 2 unspecified atom stereocenters. The molecule has 4 heteroatoms. The Bertz CT molecular complexity index is 253. The van der Waals surface area contributed by atoms with Gasteiger partial charge in [-0.1, -0.05) is 6.42 Å². The lowest BCUT2D eigenvalue weighted by atomic mass is 10.1. The summed E-state index contributed by atoms with van der Waals surface area (Å²) in [7, 11) is 1.89. The summed E-state index contributed by atoms with van der Waals surface area (Å²) in [5.74, 6) is 0.533. The molecule has 0 aromatic rings. The fourth-order valence-electron chi connectivity index (χ4n) is 2.53. The van der Waals surface area contributed by atoms with Gasteiger partial charge < -0.3 is 15.3 Å². The second-order valence-electron chi connectivity index (χ2n) is 5.10. The molecule has 1 amide bonds. The molecule has 0 aliphatic heterocycles. The second kappa shape index (κ2) is 5.15. The number of aliphatic hydroxyl groups is 1. The second-order valence-corrected chi connectivity index (χ2v) is 5.10. The van der Waals surface area contributed by atoms with Crippen LogP contribution in [0.1, 0.15) is 32.1 Å². The van der Waals surface area contributed by atoms with Gasteiger partial charge in [0.05, 0.1) is 6.54 Å². The Hall–Kier alpha value is -0.610. The number of nitrogens with one attached hydrogen (secondary N) is 1. The van der Waals surface area contributed by atoms with Crippen LogP contribution in [0.15, 0.2) is 0 Å². The van der Waals surface area contributed by atoms with Crippen molar-refractivity contribution in [2.75, 3.05) is 20.2 Å². The third-order valence-electron chi connectivity index (χ3n) is 3.90. The van der Waals surface area contributed by atoms with Crippen molar-refractivity contribution in [2.24, 2.45) is 5.92 Å². The molecule has 0 aromatic heterocycles. The van der Waals surface area contributed by atoms with Gasteiger partial charge in [-0.2, -0.15) is 0 Å². The Morgan fingerprint density at radius 2 is 2.12 bits per heavy atom. The van der Waals surface area contributed by atoms with Gasteiger partial charge >= 0.3 is 0 Å². The Balaban J connectivity index is 1.71. The highest BCUT2D eigenvalue weighted by Gasteiger charge is 2.31. The highest BCUT2D eigenvalue weighted by molar-refractivity contribution is 5.78. The molecule has 2 aliphatic carbocycles. The standard InChI is InChI=1S/C12H22N2O2/c1-14(10-5-6-10)12(16)7-13-11-4-2-3-9(11)8-15/h9-11,13,15H,2-8H2,1H3. The van der Waals surface area contributed by atoms with Gasteiger partial charge in [-0.25, -0.2) is 0 Å². The zero-order valence-corrected chi connectivity index (χ0v) is 9.98. The van der Waals surface area contributed by atoms with E-state index in [4.69, 9.17) is 0 Å². The van der Waals surface area contributed by atoms with Crippen LogP contribution < -0.4 is 5.32 Å². The van der Waals surface area contributed by atoms with Crippen molar-refractivity contribution in [1.82, 2.24) is 10.2 Å². The van der Waals surface area contributed by atoms with E-state index in [0.717, 1.165) is 32.1 Å². The highest BCUT2D eigenvalue weighted by Crippen LogP contribution is 2.26. The molecule has 16 heavy (non-hydrogen) atoms. The van der Waals surface area contributed by atoms with E-state index in [2.05, 4.69) is 5.32 Å². The number of likely N-dealkylation sites (N-methyl/N-ethyl adjacent to an activating group) is 1. The van der Waals surface area contributed by atoms with E-state index in [-0.39, 0.29) is 12.5 Å². The molecule has 0 heterocycles. The largest absolute Gasteiger partial charge is 0.396 e. The lowest BCUT2D eigenvalue weighted by Crippen LogP contribution is -2.42. The third-order valence-corrected chi connectivity index (χ3v) is 3.90. The van der Waals surface area contributed by atoms with Gasteiger partial charge in [0.1, 0.15) is 0 Å². The summed E-state index contributed by atoms with van der Waals surface area (Å²) in [6.07, 6.45) is 5.65. The first-order valence-corrected chi connectivity index (χ1v) is 6.32. The zero-order chi connectivity index (χ0) is 11.5. The number of rotatable bonds is 5. The van der Waals surface area contributed by atoms with Gasteiger partial charge in [0.25, 0.3) is 0 Å². The number of hydrogen-bond acceptors (Lipinski definition) is 3. The monoisotopic (exact) mass is 226 g/mol. The zero-order valence-electron chi connectivity index (χ0n) is 9.98. The molecule has 2 saturated carbocycles. The van der Waals surface area contributed by atoms with E-state index < -0.39 is 0 Å². The molecule has 2 aliphatic rings. The van der Waals surface area contributed by atoms with Gasteiger partial charge in [0, 0.05) is 25.7 Å². The van der Waals surface area contributed by atoms with E-state index in [1.807, 2.05) is 11.9 Å². The lowest BCUT2D eigenvalue weighted by molar-refractivity contribution is -0.129. The molecule has 0 aromatic carbocycles. The van der Waals surface area contributed by atoms with E-state index in [9.17, 15) is 9.90 Å². The van der Waals surface area contributed by atoms with Crippen LogP contribution in [0.4, 0.5) is 0 Å². The summed E-state index contributed by atoms with van der Waals surface area (Å²) in [4.78, 5) is 13.6. The molecule has 0 radical (unpaired) electrons. The van der Waals surface area contributed by atoms with E-state index in [1.54, 1.807) is 0 Å². The van der Waals surface area contributed by atoms with Crippen LogP contribution in [0.2, 0.25) is 0 Å². The first kappa shape index (κ1) is 11.9. The van der Waals surface area contributed by atoms with Crippen LogP contribution in [-0.4, -0.2) is 48.2 Å². The summed E-state index contributed by atoms with van der Waals surface area (Å²) >= 11 is 0. The normalized spacial score (nSPS) is 29.4. The maximum atomic E-state index is 11.8. The average molecular weight is 226 g/mol. The van der Waals surface area contributed by atoms with Crippen LogP contribution in [0.3, 0.4) is 0 Å². The van der Waals surface area contributed by atoms with Crippen molar-refractivity contribution in [2.45, 2.75) is 44.2 Å². The predicted molar refractivity (Wildman–Crippen MR) is 62.0 cm³/mol. The van der Waals surface area contributed by atoms with Crippen LogP contribution in [0.5, 0.6) is 0 Å². The molecular weight excluding hydrogens is 204 g/mol. The van der Waals surface area contributed by atoms with E-state index in [1.165, 1.54) is 0 Å². The number of carbonyl (C=O) groups is 1. The van der Waals surface area contributed by atoms with Crippen molar-refractivity contribution >= 4 is 5.91 Å². The number of hydrogen-bond donors (Lipinski definition) is 2. The Kier molecular flexibility index (Phi) is 3.82. The van der Waals surface area contributed by atoms with Crippen LogP contribution in [0.25, 0.3) is 0 Å². The molecule has 2 N–H and O–H groups in total. The minimum absolute atomic E-state index is 0.186. The fourth-order valence-corrected chi connectivity index (χ4v) is 2.53. The van der Waals surface area contributed by atoms with Crippen molar-refractivity contribution in [3.8, 4) is 0 Å². The molecular formula is C12H22N2O2. The first-order valence-electron chi connectivity index (χ1n) is 6.32. The molecule has 0 spiro atoms. The first-order chi connectivity index (χ1) is 7.72. The van der Waals surface area contributed by atoms with Gasteiger partial charge in [0.2, 0.25) is 5.91 Å². The number of nitrogens with zero attached hydrogens (tertiary/aromatic N) is 1. The smallest absolute Gasteiger partial charge is 0.236 e. The summed E-state index contributed by atoms with van der Waals surface area (Å²) in [5, 5.41) is 12.5. The van der Waals surface area contributed by atoms with Crippen molar-refractivity contribution < 1.29 is 9.90 Å². The minimum atomic E-state index is 0.186. The van der Waals surface area contributed by atoms with Crippen LogP contribution in [0, 0.1) is 5.92 Å². The maximum Gasteiger partial charge on any atom is 0.236 e. The van der Waals surface area contributed by atoms with E-state index >= 15 is 0 Å². The lowest BCUT2D eigenvalue weighted by Gasteiger charge is -2.21. The van der Waals surface area contributed by atoms with Crippen molar-refractivity contribution in [1.29, 1.82) is 0 Å². The van der Waals surface area contributed by atoms with Gasteiger partial charge in [-0.3, -0.25) is 4.79 Å². The Morgan fingerprint density at radius 1 is 1.38 bits per heavy atom. The molecule has 4 nitrogen and oxygen atoms in total. The Morgan fingerprint density at radius 3 is 2.75 bits per heavy atom. The number of aliphatic hydroxyl groups excluding tert-OH is 1. The topological polar surface area (TPSA) is 52.6 Å². The van der Waals surface area contributed by atoms with Gasteiger partial charge in [0.15, 0.2) is 0 Å². The minimum Gasteiger partial charge on any atom is -0.396 e. The summed E-state index contributed by atoms with van der Waals surface area (Å²) in [6.45, 7) is 0.665. The summed E-state index contributed by atoms with van der Waals surface area (Å²) in [6, 6.07) is 0.827.